The van der Waals surface area contributed by atoms with E-state index in [1.54, 1.807) is 0 Å². The number of piperidine rings is 1. The van der Waals surface area contributed by atoms with Crippen molar-refractivity contribution in [2.45, 2.75) is 52.2 Å². The number of amides is 1. The Morgan fingerprint density at radius 1 is 0.936 bits per heavy atom. The number of phenols is 2. The second-order valence-corrected chi connectivity index (χ2v) is 12.5. The zero-order chi connectivity index (χ0) is 33.1. The van der Waals surface area contributed by atoms with Crippen molar-refractivity contribution in [1.82, 2.24) is 14.8 Å². The molecule has 0 atom stereocenters. The molecule has 4 N–H and O–H groups in total. The van der Waals surface area contributed by atoms with Crippen molar-refractivity contribution in [3.05, 3.63) is 88.0 Å². The van der Waals surface area contributed by atoms with Crippen molar-refractivity contribution >= 4 is 28.4 Å². The third kappa shape index (κ3) is 6.35. The number of aliphatic hydroxyl groups excluding tert-OH is 1. The molecule has 1 aromatic heterocycles. The molecule has 10 heteroatoms. The number of likely N-dealkylation sites (tertiary alicyclic amines) is 1. The van der Waals surface area contributed by atoms with Gasteiger partial charge in [-0.05, 0) is 81.1 Å². The third-order valence-corrected chi connectivity index (χ3v) is 9.35. The summed E-state index contributed by atoms with van der Waals surface area (Å²) in [4.78, 5) is 40.3. The van der Waals surface area contributed by atoms with E-state index in [0.29, 0.717) is 23.7 Å². The molecular weight excluding hydrogens is 598 g/mol. The van der Waals surface area contributed by atoms with Crippen LogP contribution in [0, 0.1) is 5.92 Å². The molecule has 0 bridgehead atoms. The van der Waals surface area contributed by atoms with Crippen molar-refractivity contribution in [2.75, 3.05) is 32.8 Å². The van der Waals surface area contributed by atoms with Crippen LogP contribution in [0.25, 0.3) is 10.9 Å². The Labute approximate surface area is 273 Å². The summed E-state index contributed by atoms with van der Waals surface area (Å²) in [5.74, 6) is -0.399. The third-order valence-electron chi connectivity index (χ3n) is 9.35. The smallest absolute Gasteiger partial charge is 0.257 e. The summed E-state index contributed by atoms with van der Waals surface area (Å²) in [6, 6.07) is 15.0. The maximum absolute atomic E-state index is 13.0. The molecule has 0 unspecified atom stereocenters. The highest BCUT2D eigenvalue weighted by atomic mass is 16.5. The number of para-hydroxylation sites is 1. The zero-order valence-corrected chi connectivity index (χ0v) is 26.6. The highest BCUT2D eigenvalue weighted by molar-refractivity contribution is 6.30. The van der Waals surface area contributed by atoms with Crippen LogP contribution in [0.4, 0.5) is 0 Å². The van der Waals surface area contributed by atoms with Crippen LogP contribution in [0.5, 0.6) is 17.4 Å². The van der Waals surface area contributed by atoms with Crippen molar-refractivity contribution in [2.24, 2.45) is 5.92 Å². The van der Waals surface area contributed by atoms with Crippen LogP contribution in [0.2, 0.25) is 0 Å². The van der Waals surface area contributed by atoms with Gasteiger partial charge in [0.15, 0.2) is 5.78 Å². The van der Waals surface area contributed by atoms with Crippen LogP contribution in [0.1, 0.15) is 86.8 Å². The number of aryl methyl sites for hydroxylation is 1. The molecular formula is C37H41N3O7. The van der Waals surface area contributed by atoms with Gasteiger partial charge in [0.05, 0.1) is 29.9 Å². The van der Waals surface area contributed by atoms with E-state index in [2.05, 4.69) is 27.8 Å². The minimum absolute atomic E-state index is 0.00950. The standard InChI is InChI=1S/C22H31N3O2.C15H10O5/c1-2-3-11-24-13-9-17(10-14-24)16-23-21(26)20-18-7-4-5-8-19(18)25-12-6-15-27-22(20)25;16-6-7-4-9-13(11(18)5-7)15(20)12-8(14(9)19)2-1-3-10(12)17/h4-5,7-8,17H,2-3,6,9-16H2,1H3,(H,23,26);1-5,16-18H,6H2. The first-order chi connectivity index (χ1) is 22.8. The summed E-state index contributed by atoms with van der Waals surface area (Å²) in [5, 5.41) is 33.0. The summed E-state index contributed by atoms with van der Waals surface area (Å²) in [6.45, 7) is 7.80. The lowest BCUT2D eigenvalue weighted by atomic mass is 9.82. The number of carbonyl (C=O) groups is 3. The molecule has 1 aliphatic carbocycles. The number of ether oxygens (including phenoxy) is 1. The van der Waals surface area contributed by atoms with Crippen LogP contribution in [-0.4, -0.2) is 75.0 Å². The molecule has 0 saturated carbocycles. The van der Waals surface area contributed by atoms with E-state index in [1.807, 2.05) is 18.2 Å². The van der Waals surface area contributed by atoms with Gasteiger partial charge in [0.2, 0.25) is 11.7 Å². The van der Waals surface area contributed by atoms with Crippen molar-refractivity contribution < 1.29 is 34.4 Å². The van der Waals surface area contributed by atoms with Crippen LogP contribution in [-0.2, 0) is 13.2 Å². The van der Waals surface area contributed by atoms with E-state index in [-0.39, 0.29) is 46.3 Å². The lowest BCUT2D eigenvalue weighted by Gasteiger charge is -2.31. The van der Waals surface area contributed by atoms with E-state index >= 15 is 0 Å². The quantitative estimate of drug-likeness (QED) is 0.194. The topological polar surface area (TPSA) is 141 Å². The van der Waals surface area contributed by atoms with Gasteiger partial charge in [-0.25, -0.2) is 0 Å². The Kier molecular flexibility index (Phi) is 9.60. The predicted molar refractivity (Wildman–Crippen MR) is 177 cm³/mol. The Morgan fingerprint density at radius 2 is 1.70 bits per heavy atom. The van der Waals surface area contributed by atoms with Gasteiger partial charge in [0.25, 0.3) is 5.91 Å². The molecule has 3 heterocycles. The lowest BCUT2D eigenvalue weighted by molar-refractivity contribution is 0.0930. The number of nitrogens with one attached hydrogen (secondary N) is 1. The number of fused-ring (bicyclic) bond motifs is 5. The van der Waals surface area contributed by atoms with E-state index in [0.717, 1.165) is 49.4 Å². The van der Waals surface area contributed by atoms with Gasteiger partial charge in [-0.15, -0.1) is 0 Å². The van der Waals surface area contributed by atoms with Crippen LogP contribution >= 0.6 is 0 Å². The Hall–Kier alpha value is -4.67. The number of ketones is 2. The van der Waals surface area contributed by atoms with Gasteiger partial charge < -0.3 is 34.8 Å². The molecule has 7 rings (SSSR count). The highest BCUT2D eigenvalue weighted by Gasteiger charge is 2.34. The molecule has 4 aromatic rings. The lowest BCUT2D eigenvalue weighted by Crippen LogP contribution is -2.39. The van der Waals surface area contributed by atoms with Crippen molar-refractivity contribution in [3.8, 4) is 17.4 Å². The number of benzene rings is 3. The minimum Gasteiger partial charge on any atom is -0.507 e. The van der Waals surface area contributed by atoms with Crippen LogP contribution in [0.3, 0.4) is 0 Å². The summed E-state index contributed by atoms with van der Waals surface area (Å²) in [7, 11) is 0. The fourth-order valence-electron chi connectivity index (χ4n) is 6.82. The number of phenolic OH excluding ortho intramolecular Hbond substituents is 2. The Morgan fingerprint density at radius 3 is 2.47 bits per heavy atom. The fraction of sp³-hybridized carbons (Fsp3) is 0.378. The molecule has 1 fully saturated rings. The molecule has 2 aliphatic heterocycles. The molecule has 0 radical (unpaired) electrons. The molecule has 0 spiro atoms. The van der Waals surface area contributed by atoms with Gasteiger partial charge in [-0.1, -0.05) is 43.7 Å². The van der Waals surface area contributed by atoms with E-state index in [4.69, 9.17) is 9.84 Å². The van der Waals surface area contributed by atoms with E-state index < -0.39 is 11.6 Å². The molecule has 3 aromatic carbocycles. The first-order valence-corrected chi connectivity index (χ1v) is 16.4. The maximum Gasteiger partial charge on any atom is 0.257 e. The average Bonchev–Trinajstić information content (AvgIpc) is 3.43. The summed E-state index contributed by atoms with van der Waals surface area (Å²) >= 11 is 0. The fourth-order valence-corrected chi connectivity index (χ4v) is 6.82. The number of aromatic nitrogens is 1. The largest absolute Gasteiger partial charge is 0.507 e. The van der Waals surface area contributed by atoms with Crippen LogP contribution < -0.4 is 10.1 Å². The minimum atomic E-state index is -0.602. The number of carbonyl (C=O) groups excluding carboxylic acids is 3. The van der Waals surface area contributed by atoms with E-state index in [1.165, 1.54) is 62.6 Å². The number of unbranched alkanes of at least 4 members (excludes halogenated alkanes) is 1. The highest BCUT2D eigenvalue weighted by Crippen LogP contribution is 2.37. The normalized spacial score (nSPS) is 16.0. The number of hydrogen-bond acceptors (Lipinski definition) is 8. The summed E-state index contributed by atoms with van der Waals surface area (Å²) in [6.07, 6.45) is 5.88. The van der Waals surface area contributed by atoms with Gasteiger partial charge in [-0.3, -0.25) is 14.4 Å². The second kappa shape index (κ2) is 14.0. The zero-order valence-electron chi connectivity index (χ0n) is 26.6. The molecule has 246 valence electrons. The van der Waals surface area contributed by atoms with Crippen molar-refractivity contribution in [3.63, 3.8) is 0 Å². The summed E-state index contributed by atoms with van der Waals surface area (Å²) < 4.78 is 8.05. The summed E-state index contributed by atoms with van der Waals surface area (Å²) in [5.41, 5.74) is 2.05. The van der Waals surface area contributed by atoms with Crippen LogP contribution in [0.15, 0.2) is 54.6 Å². The molecule has 1 saturated heterocycles. The Bertz CT molecular complexity index is 1820. The number of aliphatic hydroxyl groups is 1. The predicted octanol–water partition coefficient (Wildman–Crippen LogP) is 5.03. The van der Waals surface area contributed by atoms with Gasteiger partial charge in [-0.2, -0.15) is 0 Å². The van der Waals surface area contributed by atoms with Gasteiger partial charge >= 0.3 is 0 Å². The first kappa shape index (κ1) is 32.3. The first-order valence-electron chi connectivity index (χ1n) is 16.4. The van der Waals surface area contributed by atoms with Gasteiger partial charge in [0.1, 0.15) is 17.1 Å². The molecule has 3 aliphatic rings. The monoisotopic (exact) mass is 639 g/mol. The van der Waals surface area contributed by atoms with E-state index in [9.17, 15) is 24.6 Å². The molecule has 10 nitrogen and oxygen atoms in total. The van der Waals surface area contributed by atoms with Gasteiger partial charge in [0, 0.05) is 29.6 Å². The Balaban J connectivity index is 0.000000172. The number of nitrogens with zero attached hydrogens (tertiary/aromatic N) is 2. The second-order valence-electron chi connectivity index (χ2n) is 12.5. The molecule has 47 heavy (non-hydrogen) atoms. The number of rotatable bonds is 7. The SMILES string of the molecule is CCCCN1CCC(CNC(=O)c2c3n(c4ccccc24)CCCO3)CC1.O=C1c2cccc(O)c2C(=O)c2c(O)cc(CO)cc21. The van der Waals surface area contributed by atoms with Crippen molar-refractivity contribution in [1.29, 1.82) is 0 Å². The number of aromatic hydroxyl groups is 2. The number of hydrogen-bond donors (Lipinski definition) is 4. The average molecular weight is 640 g/mol. The molecule has 1 amide bonds. The maximum atomic E-state index is 13.0.